The van der Waals surface area contributed by atoms with Gasteiger partial charge in [-0.25, -0.2) is 4.39 Å². The van der Waals surface area contributed by atoms with E-state index in [0.717, 1.165) is 0 Å². The molecule has 2 rings (SSSR count). The van der Waals surface area contributed by atoms with E-state index in [1.54, 1.807) is 19.1 Å². The van der Waals surface area contributed by atoms with Crippen LogP contribution in [0.25, 0.3) is 0 Å². The van der Waals surface area contributed by atoms with Gasteiger partial charge in [-0.2, -0.15) is 0 Å². The first kappa shape index (κ1) is 9.71. The summed E-state index contributed by atoms with van der Waals surface area (Å²) in [6.07, 6.45) is 0. The van der Waals surface area contributed by atoms with Gasteiger partial charge in [0, 0.05) is 5.56 Å². The third-order valence-electron chi connectivity index (χ3n) is 2.19. The Morgan fingerprint density at radius 1 is 0.933 bits per heavy atom. The quantitative estimate of drug-likeness (QED) is 0.717. The van der Waals surface area contributed by atoms with Gasteiger partial charge in [-0.1, -0.05) is 24.3 Å². The zero-order valence-electron chi connectivity index (χ0n) is 8.41. The Hall–Kier alpha value is -1.83. The van der Waals surface area contributed by atoms with Crippen LogP contribution in [0.5, 0.6) is 11.5 Å². The second kappa shape index (κ2) is 4.13. The molecule has 0 spiro atoms. The van der Waals surface area contributed by atoms with Crippen LogP contribution in [0.2, 0.25) is 0 Å². The van der Waals surface area contributed by atoms with Crippen molar-refractivity contribution in [3.8, 4) is 11.5 Å². The van der Waals surface area contributed by atoms with Crippen LogP contribution in [-0.4, -0.2) is 0 Å². The number of ether oxygens (including phenoxy) is 1. The molecule has 0 fully saturated rings. The molecule has 76 valence electrons. The van der Waals surface area contributed by atoms with Crippen molar-refractivity contribution >= 4 is 0 Å². The molecule has 0 heterocycles. The van der Waals surface area contributed by atoms with E-state index in [1.807, 2.05) is 30.3 Å². The maximum Gasteiger partial charge on any atom is 0.133 e. The lowest BCUT2D eigenvalue weighted by Gasteiger charge is -2.08. The van der Waals surface area contributed by atoms with Crippen LogP contribution in [0.4, 0.5) is 4.39 Å². The van der Waals surface area contributed by atoms with E-state index < -0.39 is 0 Å². The Bertz CT molecular complexity index is 451. The molecule has 0 aliphatic heterocycles. The van der Waals surface area contributed by atoms with Crippen LogP contribution in [-0.2, 0) is 0 Å². The Balaban J connectivity index is 2.29. The largest absolute Gasteiger partial charge is 0.457 e. The fraction of sp³-hybridized carbons (Fsp3) is 0.0769. The van der Waals surface area contributed by atoms with Gasteiger partial charge < -0.3 is 4.74 Å². The maximum atomic E-state index is 13.2. The second-order valence-corrected chi connectivity index (χ2v) is 3.28. The first-order valence-electron chi connectivity index (χ1n) is 4.75. The van der Waals surface area contributed by atoms with E-state index >= 15 is 0 Å². The molecule has 1 nitrogen and oxygen atoms in total. The summed E-state index contributed by atoms with van der Waals surface area (Å²) in [5, 5.41) is 0. The van der Waals surface area contributed by atoms with E-state index in [9.17, 15) is 4.39 Å². The number of rotatable bonds is 2. The summed E-state index contributed by atoms with van der Waals surface area (Å²) < 4.78 is 18.8. The monoisotopic (exact) mass is 202 g/mol. The predicted octanol–water partition coefficient (Wildman–Crippen LogP) is 3.93. The first-order chi connectivity index (χ1) is 7.27. The highest BCUT2D eigenvalue weighted by Gasteiger charge is 2.04. The van der Waals surface area contributed by atoms with Gasteiger partial charge in [0.15, 0.2) is 0 Å². The van der Waals surface area contributed by atoms with Gasteiger partial charge in [-0.05, 0) is 31.2 Å². The van der Waals surface area contributed by atoms with Gasteiger partial charge in [0.1, 0.15) is 17.3 Å². The molecular formula is C13H11FO. The molecule has 15 heavy (non-hydrogen) atoms. The van der Waals surface area contributed by atoms with Crippen molar-refractivity contribution in [3.63, 3.8) is 0 Å². The Morgan fingerprint density at radius 2 is 1.67 bits per heavy atom. The normalized spacial score (nSPS) is 10.0. The smallest absolute Gasteiger partial charge is 0.133 e. The average Bonchev–Trinajstić information content (AvgIpc) is 2.26. The molecule has 0 aliphatic carbocycles. The van der Waals surface area contributed by atoms with Crippen LogP contribution in [0.1, 0.15) is 5.56 Å². The van der Waals surface area contributed by atoms with Crippen LogP contribution < -0.4 is 4.74 Å². The van der Waals surface area contributed by atoms with E-state index in [0.29, 0.717) is 17.1 Å². The summed E-state index contributed by atoms with van der Waals surface area (Å²) in [7, 11) is 0. The number of hydrogen-bond acceptors (Lipinski definition) is 1. The number of hydrogen-bond donors (Lipinski definition) is 0. The summed E-state index contributed by atoms with van der Waals surface area (Å²) in [4.78, 5) is 0. The molecule has 0 aliphatic rings. The minimum atomic E-state index is -0.247. The van der Waals surface area contributed by atoms with Crippen molar-refractivity contribution in [2.24, 2.45) is 0 Å². The number of halogens is 1. The van der Waals surface area contributed by atoms with E-state index in [2.05, 4.69) is 0 Å². The van der Waals surface area contributed by atoms with Crippen molar-refractivity contribution in [2.75, 3.05) is 0 Å². The van der Waals surface area contributed by atoms with Crippen LogP contribution in [0.15, 0.2) is 48.5 Å². The lowest BCUT2D eigenvalue weighted by Crippen LogP contribution is -1.89. The molecule has 0 N–H and O–H groups in total. The molecule has 0 amide bonds. The Labute approximate surface area is 88.1 Å². The van der Waals surface area contributed by atoms with Crippen LogP contribution in [0.3, 0.4) is 0 Å². The average molecular weight is 202 g/mol. The molecule has 0 saturated carbocycles. The van der Waals surface area contributed by atoms with E-state index in [4.69, 9.17) is 4.74 Å². The third-order valence-corrected chi connectivity index (χ3v) is 2.19. The van der Waals surface area contributed by atoms with Gasteiger partial charge in [0.05, 0.1) is 0 Å². The zero-order chi connectivity index (χ0) is 10.7. The third kappa shape index (κ3) is 2.15. The van der Waals surface area contributed by atoms with E-state index in [1.165, 1.54) is 6.07 Å². The molecule has 0 atom stereocenters. The molecule has 2 heteroatoms. The number of benzene rings is 2. The highest BCUT2D eigenvalue weighted by atomic mass is 19.1. The summed E-state index contributed by atoms with van der Waals surface area (Å²) in [5.74, 6) is 1.02. The minimum absolute atomic E-state index is 0.247. The minimum Gasteiger partial charge on any atom is -0.457 e. The molecule has 0 aromatic heterocycles. The highest BCUT2D eigenvalue weighted by molar-refractivity contribution is 5.37. The Morgan fingerprint density at radius 3 is 2.40 bits per heavy atom. The SMILES string of the molecule is Cc1c(F)cccc1Oc1ccccc1. The van der Waals surface area contributed by atoms with E-state index in [-0.39, 0.29) is 5.82 Å². The van der Waals surface area contributed by atoms with Crippen molar-refractivity contribution in [2.45, 2.75) is 6.92 Å². The summed E-state index contributed by atoms with van der Waals surface area (Å²) >= 11 is 0. The topological polar surface area (TPSA) is 9.23 Å². The fourth-order valence-corrected chi connectivity index (χ4v) is 1.31. The van der Waals surface area contributed by atoms with Crippen molar-refractivity contribution < 1.29 is 9.13 Å². The molecule has 0 bridgehead atoms. The molecule has 0 radical (unpaired) electrons. The van der Waals surface area contributed by atoms with Crippen molar-refractivity contribution in [3.05, 3.63) is 59.9 Å². The molecule has 2 aromatic carbocycles. The molecular weight excluding hydrogens is 191 g/mol. The van der Waals surface area contributed by atoms with Gasteiger partial charge >= 0.3 is 0 Å². The summed E-state index contributed by atoms with van der Waals surface area (Å²) in [6, 6.07) is 14.2. The number of para-hydroxylation sites is 1. The van der Waals surface area contributed by atoms with Gasteiger partial charge in [0.25, 0.3) is 0 Å². The van der Waals surface area contributed by atoms with Gasteiger partial charge in [-0.15, -0.1) is 0 Å². The molecule has 0 saturated heterocycles. The lowest BCUT2D eigenvalue weighted by molar-refractivity contribution is 0.471. The highest BCUT2D eigenvalue weighted by Crippen LogP contribution is 2.25. The predicted molar refractivity (Wildman–Crippen MR) is 57.7 cm³/mol. The second-order valence-electron chi connectivity index (χ2n) is 3.28. The Kier molecular flexibility index (Phi) is 2.68. The summed E-state index contributed by atoms with van der Waals surface area (Å²) in [5.41, 5.74) is 0.529. The van der Waals surface area contributed by atoms with Gasteiger partial charge in [0.2, 0.25) is 0 Å². The molecule has 2 aromatic rings. The van der Waals surface area contributed by atoms with Gasteiger partial charge in [-0.3, -0.25) is 0 Å². The zero-order valence-corrected chi connectivity index (χ0v) is 8.41. The summed E-state index contributed by atoms with van der Waals surface area (Å²) in [6.45, 7) is 1.70. The van der Waals surface area contributed by atoms with Crippen LogP contribution >= 0.6 is 0 Å². The lowest BCUT2D eigenvalue weighted by atomic mass is 10.2. The molecule has 0 unspecified atom stereocenters. The first-order valence-corrected chi connectivity index (χ1v) is 4.75. The van der Waals surface area contributed by atoms with Crippen molar-refractivity contribution in [1.82, 2.24) is 0 Å². The van der Waals surface area contributed by atoms with Crippen LogP contribution in [0, 0.1) is 12.7 Å². The van der Waals surface area contributed by atoms with Crippen molar-refractivity contribution in [1.29, 1.82) is 0 Å². The standard InChI is InChI=1S/C13H11FO/c1-10-12(14)8-5-9-13(10)15-11-6-3-2-4-7-11/h2-9H,1H3. The fourth-order valence-electron chi connectivity index (χ4n) is 1.31. The maximum absolute atomic E-state index is 13.2.